The highest BCUT2D eigenvalue weighted by molar-refractivity contribution is 5.35. The maximum absolute atomic E-state index is 5.99. The van der Waals surface area contributed by atoms with Gasteiger partial charge in [0.15, 0.2) is 17.5 Å². The standard InChI is InChI=1S/C21H24N4O2/c1-15-10-11-22-20(13-15)25-21(18-9-5-6-12-27-18)23-19(24-25)14-16-7-3-4-8-17(16)26-2/h3-4,7-8,10-11,13,18H,5-6,9,12,14H2,1-2H3/t18-/m1/s1. The molecule has 6 heteroatoms. The lowest BCUT2D eigenvalue weighted by atomic mass is 10.1. The van der Waals surface area contributed by atoms with Gasteiger partial charge in [0.1, 0.15) is 11.9 Å². The molecular formula is C21H24N4O2. The molecule has 0 unspecified atom stereocenters. The Labute approximate surface area is 159 Å². The third-order valence-electron chi connectivity index (χ3n) is 4.80. The Balaban J connectivity index is 1.73. The molecule has 0 saturated carbocycles. The van der Waals surface area contributed by atoms with Gasteiger partial charge in [-0.25, -0.2) is 9.97 Å². The molecule has 1 aliphatic rings. The second-order valence-corrected chi connectivity index (χ2v) is 6.83. The minimum Gasteiger partial charge on any atom is -0.496 e. The van der Waals surface area contributed by atoms with E-state index in [4.69, 9.17) is 19.6 Å². The number of aromatic nitrogens is 4. The van der Waals surface area contributed by atoms with E-state index in [0.29, 0.717) is 6.42 Å². The van der Waals surface area contributed by atoms with E-state index in [1.165, 1.54) is 0 Å². The van der Waals surface area contributed by atoms with Crippen LogP contribution in [0, 0.1) is 6.92 Å². The van der Waals surface area contributed by atoms with Gasteiger partial charge < -0.3 is 9.47 Å². The zero-order chi connectivity index (χ0) is 18.6. The first-order chi connectivity index (χ1) is 13.2. The largest absolute Gasteiger partial charge is 0.496 e. The van der Waals surface area contributed by atoms with E-state index in [-0.39, 0.29) is 6.10 Å². The number of ether oxygens (including phenoxy) is 2. The molecule has 1 fully saturated rings. The number of nitrogens with zero attached hydrogens (tertiary/aromatic N) is 4. The molecule has 3 heterocycles. The molecule has 1 aromatic carbocycles. The lowest BCUT2D eigenvalue weighted by Gasteiger charge is -2.21. The van der Waals surface area contributed by atoms with Gasteiger partial charge in [0.2, 0.25) is 0 Å². The molecule has 140 valence electrons. The Morgan fingerprint density at radius 1 is 1.22 bits per heavy atom. The molecule has 0 N–H and O–H groups in total. The van der Waals surface area contributed by atoms with Crippen LogP contribution in [-0.4, -0.2) is 33.5 Å². The normalized spacial score (nSPS) is 17.0. The number of aryl methyl sites for hydroxylation is 1. The van der Waals surface area contributed by atoms with Crippen molar-refractivity contribution in [1.29, 1.82) is 0 Å². The van der Waals surface area contributed by atoms with Crippen molar-refractivity contribution in [2.45, 2.75) is 38.7 Å². The Hall–Kier alpha value is -2.73. The summed E-state index contributed by atoms with van der Waals surface area (Å²) >= 11 is 0. The van der Waals surface area contributed by atoms with Gasteiger partial charge in [0.05, 0.1) is 7.11 Å². The summed E-state index contributed by atoms with van der Waals surface area (Å²) in [7, 11) is 1.68. The minimum atomic E-state index is -0.0417. The van der Waals surface area contributed by atoms with Crippen molar-refractivity contribution >= 4 is 0 Å². The van der Waals surface area contributed by atoms with E-state index < -0.39 is 0 Å². The van der Waals surface area contributed by atoms with Crippen molar-refractivity contribution in [3.8, 4) is 11.6 Å². The summed E-state index contributed by atoms with van der Waals surface area (Å²) in [5.74, 6) is 3.20. The van der Waals surface area contributed by atoms with Crippen LogP contribution in [0.5, 0.6) is 5.75 Å². The van der Waals surface area contributed by atoms with E-state index in [1.54, 1.807) is 13.3 Å². The SMILES string of the molecule is COc1ccccc1Cc1nc([C@H]2CCCCO2)n(-c2cc(C)ccn2)n1. The summed E-state index contributed by atoms with van der Waals surface area (Å²) in [5.41, 5.74) is 2.20. The maximum atomic E-state index is 5.99. The van der Waals surface area contributed by atoms with E-state index >= 15 is 0 Å². The van der Waals surface area contributed by atoms with Crippen molar-refractivity contribution in [2.24, 2.45) is 0 Å². The molecule has 1 atom stereocenters. The van der Waals surface area contributed by atoms with Gasteiger partial charge in [0, 0.05) is 24.8 Å². The zero-order valence-electron chi connectivity index (χ0n) is 15.8. The summed E-state index contributed by atoms with van der Waals surface area (Å²) in [6, 6.07) is 12.0. The van der Waals surface area contributed by atoms with Gasteiger partial charge in [-0.05, 0) is 49.9 Å². The predicted octanol–water partition coefficient (Wildman–Crippen LogP) is 3.81. The predicted molar refractivity (Wildman–Crippen MR) is 102 cm³/mol. The van der Waals surface area contributed by atoms with Gasteiger partial charge >= 0.3 is 0 Å². The smallest absolute Gasteiger partial charge is 0.163 e. The van der Waals surface area contributed by atoms with E-state index in [9.17, 15) is 0 Å². The molecular weight excluding hydrogens is 340 g/mol. The molecule has 4 rings (SSSR count). The van der Waals surface area contributed by atoms with Gasteiger partial charge in [-0.15, -0.1) is 5.10 Å². The fraction of sp³-hybridized carbons (Fsp3) is 0.381. The van der Waals surface area contributed by atoms with Gasteiger partial charge in [-0.1, -0.05) is 18.2 Å². The van der Waals surface area contributed by atoms with Crippen LogP contribution in [0.1, 0.15) is 48.1 Å². The number of hydrogen-bond acceptors (Lipinski definition) is 5. The zero-order valence-corrected chi connectivity index (χ0v) is 15.8. The maximum Gasteiger partial charge on any atom is 0.163 e. The van der Waals surface area contributed by atoms with Crippen LogP contribution in [0.2, 0.25) is 0 Å². The van der Waals surface area contributed by atoms with E-state index in [1.807, 2.05) is 41.1 Å². The van der Waals surface area contributed by atoms with Crippen LogP contribution in [-0.2, 0) is 11.2 Å². The number of benzene rings is 1. The van der Waals surface area contributed by atoms with Crippen LogP contribution in [0.15, 0.2) is 42.6 Å². The average Bonchev–Trinajstić information content (AvgIpc) is 3.13. The van der Waals surface area contributed by atoms with Crippen molar-refractivity contribution in [1.82, 2.24) is 19.7 Å². The number of rotatable bonds is 5. The Morgan fingerprint density at radius 3 is 2.89 bits per heavy atom. The molecule has 3 aromatic rings. The Kier molecular flexibility index (Phi) is 5.16. The first kappa shape index (κ1) is 17.7. The lowest BCUT2D eigenvalue weighted by Crippen LogP contribution is -2.17. The van der Waals surface area contributed by atoms with Crippen LogP contribution < -0.4 is 4.74 Å². The molecule has 1 aliphatic heterocycles. The molecule has 0 amide bonds. The van der Waals surface area contributed by atoms with Crippen LogP contribution in [0.3, 0.4) is 0 Å². The summed E-state index contributed by atoms with van der Waals surface area (Å²) < 4.78 is 13.3. The van der Waals surface area contributed by atoms with E-state index in [0.717, 1.165) is 60.2 Å². The van der Waals surface area contributed by atoms with Crippen molar-refractivity contribution < 1.29 is 9.47 Å². The van der Waals surface area contributed by atoms with Crippen molar-refractivity contribution in [3.05, 3.63) is 65.4 Å². The fourth-order valence-corrected chi connectivity index (χ4v) is 3.42. The Morgan fingerprint density at radius 2 is 2.11 bits per heavy atom. The highest BCUT2D eigenvalue weighted by atomic mass is 16.5. The fourth-order valence-electron chi connectivity index (χ4n) is 3.42. The second-order valence-electron chi connectivity index (χ2n) is 6.83. The molecule has 27 heavy (non-hydrogen) atoms. The molecule has 0 bridgehead atoms. The number of methoxy groups -OCH3 is 1. The lowest BCUT2D eigenvalue weighted by molar-refractivity contribution is 0.00810. The second kappa shape index (κ2) is 7.88. The van der Waals surface area contributed by atoms with Crippen LogP contribution in [0.4, 0.5) is 0 Å². The van der Waals surface area contributed by atoms with Crippen LogP contribution in [0.25, 0.3) is 5.82 Å². The molecule has 0 aliphatic carbocycles. The molecule has 0 radical (unpaired) electrons. The molecule has 6 nitrogen and oxygen atoms in total. The first-order valence-corrected chi connectivity index (χ1v) is 9.37. The topological polar surface area (TPSA) is 62.1 Å². The van der Waals surface area contributed by atoms with Crippen LogP contribution >= 0.6 is 0 Å². The Bertz CT molecular complexity index is 916. The molecule has 1 saturated heterocycles. The number of hydrogen-bond donors (Lipinski definition) is 0. The highest BCUT2D eigenvalue weighted by Crippen LogP contribution is 2.29. The van der Waals surface area contributed by atoms with Crippen molar-refractivity contribution in [2.75, 3.05) is 13.7 Å². The molecule has 0 spiro atoms. The summed E-state index contributed by atoms with van der Waals surface area (Å²) in [6.45, 7) is 2.81. The first-order valence-electron chi connectivity index (χ1n) is 9.37. The summed E-state index contributed by atoms with van der Waals surface area (Å²) in [6.07, 6.45) is 5.56. The number of para-hydroxylation sites is 1. The summed E-state index contributed by atoms with van der Waals surface area (Å²) in [4.78, 5) is 9.34. The summed E-state index contributed by atoms with van der Waals surface area (Å²) in [5, 5.41) is 4.77. The number of pyridine rings is 1. The van der Waals surface area contributed by atoms with Gasteiger partial charge in [-0.3, -0.25) is 0 Å². The van der Waals surface area contributed by atoms with E-state index in [2.05, 4.69) is 11.9 Å². The highest BCUT2D eigenvalue weighted by Gasteiger charge is 2.25. The third kappa shape index (κ3) is 3.85. The average molecular weight is 364 g/mol. The quantitative estimate of drug-likeness (QED) is 0.689. The van der Waals surface area contributed by atoms with Gasteiger partial charge in [0.25, 0.3) is 0 Å². The molecule has 2 aromatic heterocycles. The monoisotopic (exact) mass is 364 g/mol. The van der Waals surface area contributed by atoms with Crippen molar-refractivity contribution in [3.63, 3.8) is 0 Å². The van der Waals surface area contributed by atoms with Gasteiger partial charge in [-0.2, -0.15) is 4.68 Å². The third-order valence-corrected chi connectivity index (χ3v) is 4.80. The minimum absolute atomic E-state index is 0.0417.